The van der Waals surface area contributed by atoms with Gasteiger partial charge < -0.3 is 9.47 Å². The van der Waals surface area contributed by atoms with Gasteiger partial charge in [0.1, 0.15) is 11.5 Å². The van der Waals surface area contributed by atoms with Crippen LogP contribution in [-0.4, -0.2) is 11.9 Å². The molecule has 0 unspecified atom stereocenters. The van der Waals surface area contributed by atoms with Crippen LogP contribution in [0.15, 0.2) is 93.9 Å². The number of carbonyl (C=O) groups is 2. The lowest BCUT2D eigenvalue weighted by atomic mass is 9.85. The Balaban J connectivity index is 1.54. The van der Waals surface area contributed by atoms with Crippen LogP contribution >= 0.6 is 31.9 Å². The molecule has 0 saturated carbocycles. The second-order valence-electron chi connectivity index (χ2n) is 13.2. The molecule has 50 heavy (non-hydrogen) atoms. The van der Waals surface area contributed by atoms with Gasteiger partial charge in [-0.05, 0) is 81.9 Å². The van der Waals surface area contributed by atoms with Crippen LogP contribution in [0.3, 0.4) is 0 Å². The van der Waals surface area contributed by atoms with Gasteiger partial charge in [0, 0.05) is 43.3 Å². The van der Waals surface area contributed by atoms with Crippen LogP contribution in [0.25, 0.3) is 54.2 Å². The molecule has 0 bridgehead atoms. The monoisotopic (exact) mass is 794 g/mol. The van der Waals surface area contributed by atoms with Crippen molar-refractivity contribution in [2.45, 2.75) is 90.9 Å². The van der Waals surface area contributed by atoms with E-state index >= 15 is 0 Å². The summed E-state index contributed by atoms with van der Waals surface area (Å²) in [4.78, 5) is 26.6. The first kappa shape index (κ1) is 36.1. The van der Waals surface area contributed by atoms with Crippen molar-refractivity contribution >= 4 is 86.9 Å². The molecule has 0 fully saturated rings. The summed E-state index contributed by atoms with van der Waals surface area (Å²) in [6.45, 7) is 4.38. The fourth-order valence-electron chi connectivity index (χ4n) is 7.06. The molecule has 6 aromatic rings. The van der Waals surface area contributed by atoms with Gasteiger partial charge in [0.2, 0.25) is 0 Å². The Morgan fingerprint density at radius 2 is 0.820 bits per heavy atom. The third-order valence-electron chi connectivity index (χ3n) is 9.52. The van der Waals surface area contributed by atoms with Gasteiger partial charge in [-0.25, -0.2) is 0 Å². The summed E-state index contributed by atoms with van der Waals surface area (Å²) < 4.78 is 14.4. The van der Waals surface area contributed by atoms with Gasteiger partial charge in [0.05, 0.1) is 0 Å². The normalized spacial score (nSPS) is 11.5. The van der Waals surface area contributed by atoms with Crippen LogP contribution in [0, 0.1) is 0 Å². The molecule has 4 nitrogen and oxygen atoms in total. The Hall–Kier alpha value is -3.74. The van der Waals surface area contributed by atoms with E-state index in [2.05, 4.69) is 70.0 Å². The van der Waals surface area contributed by atoms with Gasteiger partial charge in [0.25, 0.3) is 0 Å². The van der Waals surface area contributed by atoms with Gasteiger partial charge in [-0.3, -0.25) is 9.59 Å². The summed E-state index contributed by atoms with van der Waals surface area (Å²) in [7, 11) is 0. The highest BCUT2D eigenvalue weighted by atomic mass is 79.9. The Labute approximate surface area is 311 Å². The van der Waals surface area contributed by atoms with Crippen LogP contribution in [-0.2, 0) is 9.59 Å². The van der Waals surface area contributed by atoms with Crippen molar-refractivity contribution in [3.05, 3.63) is 93.9 Å². The zero-order chi connectivity index (χ0) is 35.0. The summed E-state index contributed by atoms with van der Waals surface area (Å²) in [5, 5.41) is 7.38. The lowest BCUT2D eigenvalue weighted by Crippen LogP contribution is -2.09. The van der Waals surface area contributed by atoms with Crippen molar-refractivity contribution in [1.82, 2.24) is 0 Å². The van der Waals surface area contributed by atoms with Gasteiger partial charge in [-0.1, -0.05) is 146 Å². The highest BCUT2D eigenvalue weighted by Crippen LogP contribution is 2.50. The highest BCUT2D eigenvalue weighted by molar-refractivity contribution is 9.10. The van der Waals surface area contributed by atoms with E-state index in [-0.39, 0.29) is 11.9 Å². The zero-order valence-electron chi connectivity index (χ0n) is 29.0. The van der Waals surface area contributed by atoms with Crippen molar-refractivity contribution in [2.75, 3.05) is 0 Å². The molecule has 0 atom stereocenters. The Morgan fingerprint density at radius 3 is 1.22 bits per heavy atom. The maximum Gasteiger partial charge on any atom is 0.311 e. The molecule has 0 aliphatic rings. The van der Waals surface area contributed by atoms with E-state index in [9.17, 15) is 9.59 Å². The lowest BCUT2D eigenvalue weighted by Gasteiger charge is -2.21. The molecule has 0 radical (unpaired) electrons. The molecule has 0 heterocycles. The number of carbonyl (C=O) groups excluding carboxylic acids is 2. The average molecular weight is 797 g/mol. The third-order valence-corrected chi connectivity index (χ3v) is 10.5. The molecule has 6 aromatic carbocycles. The molecule has 6 heteroatoms. The average Bonchev–Trinajstić information content (AvgIpc) is 3.12. The van der Waals surface area contributed by atoms with Crippen LogP contribution in [0.2, 0.25) is 0 Å². The smallest absolute Gasteiger partial charge is 0.311 e. The SMILES string of the molecule is CCCCCCCC(=O)Oc1c2ccccc2c(-c2c3ccccc3c(OC(=O)CCCCCCC)c3ccc(Br)cc23)c2cc(Br)ccc12. The first-order valence-corrected chi connectivity index (χ1v) is 19.7. The number of hydrogen-bond acceptors (Lipinski definition) is 4. The highest BCUT2D eigenvalue weighted by Gasteiger charge is 2.24. The van der Waals surface area contributed by atoms with E-state index in [4.69, 9.17) is 9.47 Å². The topological polar surface area (TPSA) is 52.6 Å². The minimum absolute atomic E-state index is 0.208. The number of hydrogen-bond donors (Lipinski definition) is 0. The standard InChI is InChI=1S/C44H44Br2O4/c1-3-5-7-9-11-21-39(47)49-43-33-19-15-13-17-31(33)41(37-27-29(45)23-25-35(37)43)42-32-18-14-16-20-34(32)44(36-26-24-30(46)28-38(36)42)50-40(48)22-12-10-8-6-4-2/h13-20,23-28H,3-12,21-22H2,1-2H3. The van der Waals surface area contributed by atoms with Crippen LogP contribution in [0.1, 0.15) is 90.9 Å². The molecule has 0 aliphatic carbocycles. The van der Waals surface area contributed by atoms with E-state index in [0.717, 1.165) is 102 Å². The van der Waals surface area contributed by atoms with E-state index in [1.807, 2.05) is 60.7 Å². The Bertz CT molecular complexity index is 2020. The second-order valence-corrected chi connectivity index (χ2v) is 15.0. The number of halogens is 2. The number of unbranched alkanes of at least 4 members (excludes halogenated alkanes) is 8. The van der Waals surface area contributed by atoms with Gasteiger partial charge >= 0.3 is 11.9 Å². The fraction of sp³-hybridized carbons (Fsp3) is 0.318. The summed E-state index contributed by atoms with van der Waals surface area (Å²) >= 11 is 7.49. The van der Waals surface area contributed by atoms with Crippen molar-refractivity contribution in [2.24, 2.45) is 0 Å². The summed E-state index contributed by atoms with van der Waals surface area (Å²) in [6.07, 6.45) is 11.4. The predicted octanol–water partition coefficient (Wildman–Crippen LogP) is 14.0. The quantitative estimate of drug-likeness (QED) is 0.0449. The summed E-state index contributed by atoms with van der Waals surface area (Å²) in [6, 6.07) is 28.7. The maximum absolute atomic E-state index is 13.3. The number of fused-ring (bicyclic) bond motifs is 4. The molecule has 0 spiro atoms. The molecular weight excluding hydrogens is 752 g/mol. The number of benzene rings is 6. The minimum atomic E-state index is -0.208. The van der Waals surface area contributed by atoms with Crippen molar-refractivity contribution in [3.8, 4) is 22.6 Å². The maximum atomic E-state index is 13.3. The molecule has 0 saturated heterocycles. The molecule has 0 aromatic heterocycles. The first-order valence-electron chi connectivity index (χ1n) is 18.1. The van der Waals surface area contributed by atoms with Gasteiger partial charge in [-0.2, -0.15) is 0 Å². The van der Waals surface area contributed by atoms with Crippen molar-refractivity contribution < 1.29 is 19.1 Å². The predicted molar refractivity (Wildman–Crippen MR) is 215 cm³/mol. The van der Waals surface area contributed by atoms with E-state index < -0.39 is 0 Å². The Kier molecular flexibility index (Phi) is 12.2. The number of esters is 2. The largest absolute Gasteiger partial charge is 0.425 e. The lowest BCUT2D eigenvalue weighted by molar-refractivity contribution is -0.135. The van der Waals surface area contributed by atoms with E-state index in [1.54, 1.807) is 0 Å². The molecular formula is C44H44Br2O4. The van der Waals surface area contributed by atoms with E-state index in [0.29, 0.717) is 24.3 Å². The van der Waals surface area contributed by atoms with E-state index in [1.165, 1.54) is 25.7 Å². The molecule has 258 valence electrons. The third kappa shape index (κ3) is 7.92. The molecule has 6 rings (SSSR count). The van der Waals surface area contributed by atoms with Crippen LogP contribution in [0.4, 0.5) is 0 Å². The second kappa shape index (κ2) is 17.0. The zero-order valence-corrected chi connectivity index (χ0v) is 32.1. The van der Waals surface area contributed by atoms with Crippen LogP contribution in [0.5, 0.6) is 11.5 Å². The minimum Gasteiger partial charge on any atom is -0.425 e. The van der Waals surface area contributed by atoms with Crippen LogP contribution < -0.4 is 9.47 Å². The molecule has 0 aliphatic heterocycles. The fourth-order valence-corrected chi connectivity index (χ4v) is 7.78. The number of rotatable bonds is 15. The summed E-state index contributed by atoms with van der Waals surface area (Å²) in [5.41, 5.74) is 2.06. The van der Waals surface area contributed by atoms with Crippen molar-refractivity contribution in [3.63, 3.8) is 0 Å². The summed E-state index contributed by atoms with van der Waals surface area (Å²) in [5.74, 6) is 0.759. The number of ether oxygens (including phenoxy) is 2. The molecule has 0 amide bonds. The first-order chi connectivity index (χ1) is 24.4. The Morgan fingerprint density at radius 1 is 0.460 bits per heavy atom. The van der Waals surface area contributed by atoms with Gasteiger partial charge in [-0.15, -0.1) is 0 Å². The molecule has 0 N–H and O–H groups in total. The van der Waals surface area contributed by atoms with Gasteiger partial charge in [0.15, 0.2) is 0 Å². The van der Waals surface area contributed by atoms with Crippen molar-refractivity contribution in [1.29, 1.82) is 0 Å².